The number of hydrogen-bond acceptors (Lipinski definition) is 5. The first-order valence-electron chi connectivity index (χ1n) is 11.9. The molecule has 6 heteroatoms. The fraction of sp³-hybridized carbons (Fsp3) is 0.769. The van der Waals surface area contributed by atoms with Gasteiger partial charge in [0, 0.05) is 22.2 Å². The molecule has 2 heterocycles. The standard InChI is InChI=1S/C26H45N2O3P/c1-23(2)14-18(15-24(3,4)27(23)9)20-12-11-13-21(32(29,30)31)22(20)19-16-25(5,6)28(10)26(7,8)17-19/h11-13,18-19H,14-17H2,1-10H3,(H2,29,30,31)/p-2. The maximum absolute atomic E-state index is 12.5. The van der Waals surface area contributed by atoms with Crippen LogP contribution in [0, 0.1) is 0 Å². The normalized spacial score (nSPS) is 26.9. The molecular formula is C26H43N2O3P-2. The summed E-state index contributed by atoms with van der Waals surface area (Å²) in [5.41, 5.74) is 1.63. The number of piperidine rings is 2. The van der Waals surface area contributed by atoms with Crippen LogP contribution in [0.1, 0.15) is 104 Å². The van der Waals surface area contributed by atoms with Crippen LogP contribution in [0.5, 0.6) is 0 Å². The number of hydrogen-bond donors (Lipinski definition) is 0. The molecule has 0 unspecified atom stereocenters. The van der Waals surface area contributed by atoms with E-state index in [-0.39, 0.29) is 39.3 Å². The molecule has 5 nitrogen and oxygen atoms in total. The maximum atomic E-state index is 12.5. The molecule has 2 aliphatic rings. The fourth-order valence-electron chi connectivity index (χ4n) is 6.78. The third-order valence-electron chi connectivity index (χ3n) is 8.88. The summed E-state index contributed by atoms with van der Waals surface area (Å²) in [4.78, 5) is 29.8. The summed E-state index contributed by atoms with van der Waals surface area (Å²) in [6, 6.07) is 5.41. The quantitative estimate of drug-likeness (QED) is 0.636. The van der Waals surface area contributed by atoms with E-state index >= 15 is 0 Å². The average Bonchev–Trinajstić information content (AvgIpc) is 2.61. The van der Waals surface area contributed by atoms with Crippen LogP contribution in [0.25, 0.3) is 0 Å². The molecule has 0 saturated carbocycles. The van der Waals surface area contributed by atoms with Gasteiger partial charge >= 0.3 is 0 Å². The highest BCUT2D eigenvalue weighted by Crippen LogP contribution is 2.51. The third-order valence-corrected chi connectivity index (χ3v) is 9.86. The minimum Gasteiger partial charge on any atom is -0.807 e. The molecule has 0 aliphatic carbocycles. The minimum atomic E-state index is -4.90. The van der Waals surface area contributed by atoms with E-state index in [0.717, 1.165) is 36.8 Å². The van der Waals surface area contributed by atoms with Crippen LogP contribution in [0.2, 0.25) is 0 Å². The zero-order valence-corrected chi connectivity index (χ0v) is 22.7. The molecule has 0 N–H and O–H groups in total. The van der Waals surface area contributed by atoms with Crippen LogP contribution in [0.3, 0.4) is 0 Å². The van der Waals surface area contributed by atoms with Gasteiger partial charge in [-0.25, -0.2) is 0 Å². The molecule has 2 aliphatic heterocycles. The Bertz CT molecular complexity index is 880. The Hall–Kier alpha value is -0.710. The Morgan fingerprint density at radius 3 is 1.50 bits per heavy atom. The SMILES string of the molecule is CN1C(C)(C)CC(c2cccc(P(=O)([O-])[O-])c2C2CC(C)(C)N(C)C(C)(C)C2)CC1(C)C. The number of rotatable bonds is 3. The zero-order valence-electron chi connectivity index (χ0n) is 21.8. The van der Waals surface area contributed by atoms with E-state index in [1.54, 1.807) is 12.1 Å². The van der Waals surface area contributed by atoms with Gasteiger partial charge in [0.1, 0.15) is 0 Å². The molecule has 182 valence electrons. The van der Waals surface area contributed by atoms with Crippen molar-refractivity contribution in [2.45, 2.75) is 115 Å². The highest BCUT2D eigenvalue weighted by Gasteiger charge is 2.47. The molecule has 0 amide bonds. The van der Waals surface area contributed by atoms with Gasteiger partial charge in [0.25, 0.3) is 0 Å². The van der Waals surface area contributed by atoms with Crippen molar-refractivity contribution in [3.05, 3.63) is 29.3 Å². The monoisotopic (exact) mass is 462 g/mol. The first-order chi connectivity index (χ1) is 14.3. The zero-order chi connectivity index (χ0) is 24.5. The van der Waals surface area contributed by atoms with Crippen molar-refractivity contribution in [2.75, 3.05) is 14.1 Å². The van der Waals surface area contributed by atoms with Gasteiger partial charge in [-0.2, -0.15) is 0 Å². The summed E-state index contributed by atoms with van der Waals surface area (Å²) in [6.45, 7) is 17.9. The molecule has 3 rings (SSSR count). The van der Waals surface area contributed by atoms with Gasteiger partial charge in [-0.05, 0) is 131 Å². The van der Waals surface area contributed by atoms with Crippen molar-refractivity contribution in [3.63, 3.8) is 0 Å². The van der Waals surface area contributed by atoms with E-state index in [2.05, 4.69) is 85.4 Å². The molecule has 0 bridgehead atoms. The van der Waals surface area contributed by atoms with Crippen LogP contribution >= 0.6 is 7.60 Å². The molecule has 2 fully saturated rings. The first-order valence-corrected chi connectivity index (χ1v) is 13.5. The summed E-state index contributed by atoms with van der Waals surface area (Å²) >= 11 is 0. The van der Waals surface area contributed by atoms with Gasteiger partial charge in [-0.1, -0.05) is 18.2 Å². The van der Waals surface area contributed by atoms with E-state index in [9.17, 15) is 14.4 Å². The van der Waals surface area contributed by atoms with Gasteiger partial charge < -0.3 is 14.4 Å². The summed E-state index contributed by atoms with van der Waals surface area (Å²) in [7, 11) is -0.570. The Morgan fingerprint density at radius 1 is 0.750 bits per heavy atom. The Kier molecular flexibility index (Phi) is 6.41. The summed E-state index contributed by atoms with van der Waals surface area (Å²) in [5, 5.41) is 0.0192. The van der Waals surface area contributed by atoms with Gasteiger partial charge in [0.15, 0.2) is 0 Å². The topological polar surface area (TPSA) is 69.7 Å². The Morgan fingerprint density at radius 2 is 1.12 bits per heavy atom. The first kappa shape index (κ1) is 25.9. The van der Waals surface area contributed by atoms with Crippen LogP contribution in [-0.4, -0.2) is 46.1 Å². The largest absolute Gasteiger partial charge is 0.807 e. The van der Waals surface area contributed by atoms with E-state index in [1.165, 1.54) is 0 Å². The fourth-order valence-corrected chi connectivity index (χ4v) is 7.65. The van der Waals surface area contributed by atoms with Crippen molar-refractivity contribution in [1.29, 1.82) is 0 Å². The van der Waals surface area contributed by atoms with E-state index in [1.807, 2.05) is 0 Å². The van der Waals surface area contributed by atoms with Gasteiger partial charge in [0.2, 0.25) is 0 Å². The molecule has 0 radical (unpaired) electrons. The molecule has 2 saturated heterocycles. The van der Waals surface area contributed by atoms with E-state index < -0.39 is 7.60 Å². The second kappa shape index (κ2) is 7.92. The van der Waals surface area contributed by atoms with Crippen LogP contribution in [-0.2, 0) is 4.57 Å². The van der Waals surface area contributed by atoms with Gasteiger partial charge in [-0.3, -0.25) is 9.80 Å². The average molecular weight is 463 g/mol. The lowest BCUT2D eigenvalue weighted by molar-refractivity contribution is -0.308. The van der Waals surface area contributed by atoms with Crippen LogP contribution in [0.4, 0.5) is 0 Å². The maximum Gasteiger partial charge on any atom is 0.0161 e. The van der Waals surface area contributed by atoms with Gasteiger partial charge in [-0.15, -0.1) is 0 Å². The lowest BCUT2D eigenvalue weighted by Crippen LogP contribution is -2.59. The number of likely N-dealkylation sites (tertiary alicyclic amines) is 2. The summed E-state index contributed by atoms with van der Waals surface area (Å²) < 4.78 is 12.5. The number of benzene rings is 1. The van der Waals surface area contributed by atoms with Crippen LogP contribution in [0.15, 0.2) is 18.2 Å². The summed E-state index contributed by atoms with van der Waals surface area (Å²) in [5.74, 6) is 0.244. The predicted molar refractivity (Wildman–Crippen MR) is 129 cm³/mol. The molecule has 0 atom stereocenters. The third kappa shape index (κ3) is 4.61. The van der Waals surface area contributed by atoms with Crippen molar-refractivity contribution < 1.29 is 14.4 Å². The van der Waals surface area contributed by atoms with Crippen molar-refractivity contribution in [1.82, 2.24) is 9.80 Å². The molecule has 0 spiro atoms. The van der Waals surface area contributed by atoms with E-state index in [0.29, 0.717) is 0 Å². The Labute approximate surface area is 195 Å². The molecule has 1 aromatic carbocycles. The second-order valence-electron chi connectivity index (χ2n) is 12.9. The second-order valence-corrected chi connectivity index (χ2v) is 14.3. The minimum absolute atomic E-state index is 0.0192. The van der Waals surface area contributed by atoms with Crippen molar-refractivity contribution in [3.8, 4) is 0 Å². The molecular weight excluding hydrogens is 419 g/mol. The lowest BCUT2D eigenvalue weighted by Gasteiger charge is -2.56. The molecule has 32 heavy (non-hydrogen) atoms. The van der Waals surface area contributed by atoms with Crippen LogP contribution < -0.4 is 15.1 Å². The highest BCUT2D eigenvalue weighted by molar-refractivity contribution is 7.57. The lowest BCUT2D eigenvalue weighted by atomic mass is 9.66. The summed E-state index contributed by atoms with van der Waals surface area (Å²) in [6.07, 6.45) is 3.53. The molecule has 0 aromatic heterocycles. The number of nitrogens with zero attached hydrogens (tertiary/aromatic N) is 2. The Balaban J connectivity index is 2.19. The molecule has 1 aromatic rings. The van der Waals surface area contributed by atoms with Crippen molar-refractivity contribution >= 4 is 12.9 Å². The predicted octanol–water partition coefficient (Wildman–Crippen LogP) is 3.96. The van der Waals surface area contributed by atoms with E-state index in [4.69, 9.17) is 0 Å². The van der Waals surface area contributed by atoms with Gasteiger partial charge in [0.05, 0.1) is 0 Å². The van der Waals surface area contributed by atoms with Crippen molar-refractivity contribution in [2.24, 2.45) is 0 Å². The smallest absolute Gasteiger partial charge is 0.0161 e. The highest BCUT2D eigenvalue weighted by atomic mass is 31.2.